The Hall–Kier alpha value is -0.260. The van der Waals surface area contributed by atoms with E-state index in [0.29, 0.717) is 19.3 Å². The van der Waals surface area contributed by atoms with E-state index in [1.165, 1.54) is 12.0 Å². The molecule has 1 aliphatic heterocycles. The molecule has 2 rings (SSSR count). The molecule has 0 bridgehead atoms. The first-order valence-electron chi connectivity index (χ1n) is 7.50. The first-order valence-corrected chi connectivity index (χ1v) is 9.21. The quantitative estimate of drug-likeness (QED) is 0.562. The molecular formula is C16H22Br2O3. The molecule has 1 aliphatic rings. The normalized spacial score (nSPS) is 19.5. The van der Waals surface area contributed by atoms with Gasteiger partial charge < -0.3 is 14.2 Å². The Labute approximate surface area is 143 Å². The van der Waals surface area contributed by atoms with Crippen LogP contribution in [0.1, 0.15) is 43.5 Å². The molecule has 1 fully saturated rings. The lowest BCUT2D eigenvalue weighted by Crippen LogP contribution is -2.09. The highest BCUT2D eigenvalue weighted by atomic mass is 79.9. The largest absolute Gasteiger partial charge is 0.490 e. The van der Waals surface area contributed by atoms with Gasteiger partial charge in [-0.2, -0.15) is 0 Å². The average Bonchev–Trinajstić information content (AvgIpc) is 2.95. The molecule has 5 heteroatoms. The van der Waals surface area contributed by atoms with Crippen LogP contribution >= 0.6 is 31.9 Å². The molecule has 2 unspecified atom stereocenters. The Bertz CT molecular complexity index is 459. The smallest absolute Gasteiger partial charge is 0.162 e. The van der Waals surface area contributed by atoms with Crippen molar-refractivity contribution in [3.05, 3.63) is 22.2 Å². The van der Waals surface area contributed by atoms with Gasteiger partial charge in [0, 0.05) is 15.9 Å². The van der Waals surface area contributed by atoms with Gasteiger partial charge in [0.1, 0.15) is 0 Å². The van der Waals surface area contributed by atoms with Crippen molar-refractivity contribution >= 4 is 31.9 Å². The van der Waals surface area contributed by atoms with Gasteiger partial charge in [0.25, 0.3) is 0 Å². The topological polar surface area (TPSA) is 27.7 Å². The third-order valence-electron chi connectivity index (χ3n) is 3.49. The summed E-state index contributed by atoms with van der Waals surface area (Å²) < 4.78 is 18.1. The maximum atomic E-state index is 5.72. The summed E-state index contributed by atoms with van der Waals surface area (Å²) in [4.78, 5) is 0.241. The summed E-state index contributed by atoms with van der Waals surface area (Å²) in [6, 6.07) is 4.06. The van der Waals surface area contributed by atoms with Crippen LogP contribution in [0.3, 0.4) is 0 Å². The van der Waals surface area contributed by atoms with Crippen LogP contribution in [0.25, 0.3) is 0 Å². The molecule has 0 radical (unpaired) electrons. The standard InChI is InChI=1S/C16H22Br2O3/c1-3-19-15-9-12(14(18)10-16(15)20-4-2)13(17)8-11-6-5-7-21-11/h9-11,13H,3-8H2,1-2H3. The molecule has 0 aromatic heterocycles. The second-order valence-corrected chi connectivity index (χ2v) is 6.98. The molecule has 118 valence electrons. The number of rotatable bonds is 7. The Morgan fingerprint density at radius 3 is 2.48 bits per heavy atom. The van der Waals surface area contributed by atoms with Crippen LogP contribution in [-0.4, -0.2) is 25.9 Å². The van der Waals surface area contributed by atoms with Gasteiger partial charge in [-0.1, -0.05) is 31.9 Å². The van der Waals surface area contributed by atoms with Crippen molar-refractivity contribution in [2.24, 2.45) is 0 Å². The van der Waals surface area contributed by atoms with Gasteiger partial charge >= 0.3 is 0 Å². The molecule has 1 aromatic carbocycles. The number of ether oxygens (including phenoxy) is 3. The van der Waals surface area contributed by atoms with Crippen LogP contribution in [0.4, 0.5) is 0 Å². The van der Waals surface area contributed by atoms with Gasteiger partial charge in [0.2, 0.25) is 0 Å². The molecule has 0 amide bonds. The minimum atomic E-state index is 0.241. The molecule has 1 saturated heterocycles. The van der Waals surface area contributed by atoms with Crippen LogP contribution in [0.15, 0.2) is 16.6 Å². The lowest BCUT2D eigenvalue weighted by molar-refractivity contribution is 0.104. The van der Waals surface area contributed by atoms with Gasteiger partial charge in [0.05, 0.1) is 19.3 Å². The summed E-state index contributed by atoms with van der Waals surface area (Å²) in [6.07, 6.45) is 3.63. The van der Waals surface area contributed by atoms with Gasteiger partial charge in [-0.3, -0.25) is 0 Å². The lowest BCUT2D eigenvalue weighted by atomic mass is 10.0. The van der Waals surface area contributed by atoms with Crippen molar-refractivity contribution in [1.29, 1.82) is 0 Å². The number of alkyl halides is 1. The van der Waals surface area contributed by atoms with E-state index in [4.69, 9.17) is 14.2 Å². The predicted octanol–water partition coefficient (Wildman–Crippen LogP) is 5.25. The number of benzene rings is 1. The number of hydrogen-bond donors (Lipinski definition) is 0. The Kier molecular flexibility index (Phi) is 6.83. The summed E-state index contributed by atoms with van der Waals surface area (Å²) in [5.74, 6) is 1.58. The highest BCUT2D eigenvalue weighted by molar-refractivity contribution is 9.11. The van der Waals surface area contributed by atoms with E-state index >= 15 is 0 Å². The van der Waals surface area contributed by atoms with E-state index in [2.05, 4.69) is 37.9 Å². The highest BCUT2D eigenvalue weighted by Gasteiger charge is 2.23. The fourth-order valence-corrected chi connectivity index (χ4v) is 4.22. The minimum absolute atomic E-state index is 0.241. The SMILES string of the molecule is CCOc1cc(Br)c(C(Br)CC2CCCO2)cc1OCC. The highest BCUT2D eigenvalue weighted by Crippen LogP contribution is 2.41. The molecule has 0 N–H and O–H groups in total. The van der Waals surface area contributed by atoms with Crippen LogP contribution in [0.2, 0.25) is 0 Å². The second-order valence-electron chi connectivity index (χ2n) is 5.02. The number of hydrogen-bond acceptors (Lipinski definition) is 3. The zero-order chi connectivity index (χ0) is 15.2. The van der Waals surface area contributed by atoms with E-state index < -0.39 is 0 Å². The molecule has 0 aliphatic carbocycles. The molecule has 0 saturated carbocycles. The van der Waals surface area contributed by atoms with Gasteiger partial charge in [-0.25, -0.2) is 0 Å². The lowest BCUT2D eigenvalue weighted by Gasteiger charge is -2.19. The van der Waals surface area contributed by atoms with Gasteiger partial charge in [0.15, 0.2) is 11.5 Å². The Morgan fingerprint density at radius 1 is 1.24 bits per heavy atom. The van der Waals surface area contributed by atoms with E-state index in [1.54, 1.807) is 0 Å². The molecule has 0 spiro atoms. The van der Waals surface area contributed by atoms with Gasteiger partial charge in [-0.15, -0.1) is 0 Å². The van der Waals surface area contributed by atoms with Crippen LogP contribution in [0.5, 0.6) is 11.5 Å². The van der Waals surface area contributed by atoms with Crippen molar-refractivity contribution < 1.29 is 14.2 Å². The maximum Gasteiger partial charge on any atom is 0.162 e. The molecule has 1 heterocycles. The van der Waals surface area contributed by atoms with Crippen molar-refractivity contribution in [3.63, 3.8) is 0 Å². The molecule has 1 aromatic rings. The fraction of sp³-hybridized carbons (Fsp3) is 0.625. The Balaban J connectivity index is 2.18. The molecule has 21 heavy (non-hydrogen) atoms. The third-order valence-corrected chi connectivity index (χ3v) is 5.05. The van der Waals surface area contributed by atoms with E-state index in [0.717, 1.165) is 35.4 Å². The average molecular weight is 422 g/mol. The zero-order valence-corrected chi connectivity index (χ0v) is 15.7. The summed E-state index contributed by atoms with van der Waals surface area (Å²) in [7, 11) is 0. The van der Waals surface area contributed by atoms with Crippen LogP contribution in [0, 0.1) is 0 Å². The van der Waals surface area contributed by atoms with Crippen molar-refractivity contribution in [2.45, 2.75) is 44.0 Å². The van der Waals surface area contributed by atoms with Crippen molar-refractivity contribution in [1.82, 2.24) is 0 Å². The second kappa shape index (κ2) is 8.39. The maximum absolute atomic E-state index is 5.72. The molecule has 2 atom stereocenters. The monoisotopic (exact) mass is 420 g/mol. The van der Waals surface area contributed by atoms with Crippen molar-refractivity contribution in [3.8, 4) is 11.5 Å². The van der Waals surface area contributed by atoms with Crippen LogP contribution in [-0.2, 0) is 4.74 Å². The Morgan fingerprint density at radius 2 is 1.90 bits per heavy atom. The fourth-order valence-electron chi connectivity index (χ4n) is 2.52. The van der Waals surface area contributed by atoms with Gasteiger partial charge in [-0.05, 0) is 50.8 Å². The van der Waals surface area contributed by atoms with E-state index in [9.17, 15) is 0 Å². The molecular weight excluding hydrogens is 400 g/mol. The zero-order valence-electron chi connectivity index (χ0n) is 12.5. The summed E-state index contributed by atoms with van der Waals surface area (Å²) in [6.45, 7) is 6.09. The van der Waals surface area contributed by atoms with Crippen molar-refractivity contribution in [2.75, 3.05) is 19.8 Å². The van der Waals surface area contributed by atoms with E-state index in [1.807, 2.05) is 19.9 Å². The third kappa shape index (κ3) is 4.60. The summed E-state index contributed by atoms with van der Waals surface area (Å²) in [5, 5.41) is 0. The predicted molar refractivity (Wildman–Crippen MR) is 91.7 cm³/mol. The first-order chi connectivity index (χ1) is 10.2. The van der Waals surface area contributed by atoms with Crippen LogP contribution < -0.4 is 9.47 Å². The number of halogens is 2. The first kappa shape index (κ1) is 17.1. The summed E-state index contributed by atoms with van der Waals surface area (Å²) >= 11 is 7.44. The van der Waals surface area contributed by atoms with E-state index in [-0.39, 0.29) is 4.83 Å². The minimum Gasteiger partial charge on any atom is -0.490 e. The molecule has 3 nitrogen and oxygen atoms in total. The summed E-state index contributed by atoms with van der Waals surface area (Å²) in [5.41, 5.74) is 1.18.